The van der Waals surface area contributed by atoms with E-state index in [0.717, 1.165) is 6.07 Å². The maximum atomic E-state index is 12.5. The summed E-state index contributed by atoms with van der Waals surface area (Å²) in [4.78, 5) is 74.0. The molecule has 0 heterocycles. The van der Waals surface area contributed by atoms with E-state index in [1.807, 2.05) is 0 Å². The third-order valence-electron chi connectivity index (χ3n) is 7.17. The van der Waals surface area contributed by atoms with Crippen LogP contribution in [0.15, 0.2) is 36.4 Å². The molecule has 0 bridgehead atoms. The van der Waals surface area contributed by atoms with Gasteiger partial charge < -0.3 is 59.4 Å². The van der Waals surface area contributed by atoms with Crippen LogP contribution in [-0.4, -0.2) is 35.8 Å². The molecule has 0 radical (unpaired) electrons. The Morgan fingerprint density at radius 2 is 0.804 bits per heavy atom. The second-order valence-electron chi connectivity index (χ2n) is 8.96. The van der Waals surface area contributed by atoms with E-state index in [9.17, 15) is 59.4 Å². The van der Waals surface area contributed by atoms with Crippen LogP contribution in [-0.2, 0) is 0 Å². The average Bonchev–Trinajstić information content (AvgIpc) is 2.88. The Hall–Kier alpha value is -2.46. The molecule has 46 heavy (non-hydrogen) atoms. The summed E-state index contributed by atoms with van der Waals surface area (Å²) >= 11 is 0. The van der Waals surface area contributed by atoms with E-state index in [4.69, 9.17) is 0 Å². The number of carbonyl (C=O) groups excluding carboxylic acids is 6. The van der Waals surface area contributed by atoms with Crippen LogP contribution in [0.5, 0.6) is 0 Å². The first-order chi connectivity index (χ1) is 18.9. The Labute approximate surface area is 329 Å². The van der Waals surface area contributed by atoms with Gasteiger partial charge in [0.25, 0.3) is 0 Å². The Morgan fingerprint density at radius 3 is 1.26 bits per heavy atom. The zero-order chi connectivity index (χ0) is 28.9. The Kier molecular flexibility index (Phi) is 14.4. The molecule has 0 amide bonds. The van der Waals surface area contributed by atoms with Gasteiger partial charge in [0.05, 0.1) is 35.8 Å². The van der Waals surface area contributed by atoms with Crippen molar-refractivity contribution in [3.05, 3.63) is 69.8 Å². The van der Waals surface area contributed by atoms with Gasteiger partial charge in [0.15, 0.2) is 0 Å². The molecule has 196 valence electrons. The summed E-state index contributed by atoms with van der Waals surface area (Å²) in [5.41, 5.74) is -7.57. The molecule has 0 aliphatic rings. The van der Waals surface area contributed by atoms with Crippen LogP contribution in [0, 0.1) is 0 Å². The summed E-state index contributed by atoms with van der Waals surface area (Å²) in [6.07, 6.45) is 0. The SMILES string of the molecule is O=C([O-])c1cc2c3cccc4ccc5c(C(=O)[O-])c(C(=O)[O-])c6c(C(=O)[O-])c(C(=O)[O-])c(c1C(=O)[O-])c2c6c5c43.[Li+].[Li+].[Li+].[Li+].[Li+].[Li+]. The number of hydrogen-bond donors (Lipinski definition) is 0. The van der Waals surface area contributed by atoms with Gasteiger partial charge in [-0.1, -0.05) is 30.3 Å². The fraction of sp³-hybridized carbons (Fsp3) is 0. The molecule has 6 aromatic carbocycles. The molecule has 0 unspecified atom stereocenters. The number of carboxylic acids is 6. The van der Waals surface area contributed by atoms with Crippen molar-refractivity contribution in [2.75, 3.05) is 0 Å². The van der Waals surface area contributed by atoms with Gasteiger partial charge in [-0.3, -0.25) is 0 Å². The minimum absolute atomic E-state index is 0. The molecular formula is C28H6Li6O12. The first-order valence-corrected chi connectivity index (χ1v) is 11.2. The largest absolute Gasteiger partial charge is 1.00 e. The van der Waals surface area contributed by atoms with Crippen molar-refractivity contribution < 1.29 is 173 Å². The Morgan fingerprint density at radius 1 is 0.370 bits per heavy atom. The quantitative estimate of drug-likeness (QED) is 0.102. The van der Waals surface area contributed by atoms with Crippen molar-refractivity contribution in [1.29, 1.82) is 0 Å². The van der Waals surface area contributed by atoms with Crippen LogP contribution in [0.1, 0.15) is 62.1 Å². The van der Waals surface area contributed by atoms with E-state index in [-0.39, 0.29) is 145 Å². The number of fused-ring (bicyclic) bond motifs is 1. The molecule has 6 rings (SSSR count). The second-order valence-corrected chi connectivity index (χ2v) is 8.96. The predicted molar refractivity (Wildman–Crippen MR) is 122 cm³/mol. The number of aromatic carboxylic acids is 6. The van der Waals surface area contributed by atoms with Gasteiger partial charge in [-0.25, -0.2) is 0 Å². The van der Waals surface area contributed by atoms with Gasteiger partial charge in [-0.05, 0) is 43.8 Å². The Bertz CT molecular complexity index is 2250. The van der Waals surface area contributed by atoms with E-state index < -0.39 is 85.4 Å². The summed E-state index contributed by atoms with van der Waals surface area (Å²) in [6.45, 7) is 0. The topological polar surface area (TPSA) is 241 Å². The van der Waals surface area contributed by atoms with Crippen molar-refractivity contribution in [3.8, 4) is 0 Å². The molecule has 0 N–H and O–H groups in total. The third kappa shape index (κ3) is 5.80. The minimum Gasteiger partial charge on any atom is -0.545 e. The molecule has 0 saturated heterocycles. The van der Waals surface area contributed by atoms with Gasteiger partial charge in [-0.2, -0.15) is 0 Å². The van der Waals surface area contributed by atoms with E-state index >= 15 is 0 Å². The van der Waals surface area contributed by atoms with Gasteiger partial charge in [0, 0.05) is 49.5 Å². The van der Waals surface area contributed by atoms with Gasteiger partial charge in [0.1, 0.15) is 0 Å². The van der Waals surface area contributed by atoms with Crippen molar-refractivity contribution in [2.24, 2.45) is 0 Å². The molecule has 0 aromatic heterocycles. The van der Waals surface area contributed by atoms with Gasteiger partial charge in [-0.15, -0.1) is 0 Å². The second kappa shape index (κ2) is 15.2. The molecule has 18 heteroatoms. The molecule has 0 fully saturated rings. The van der Waals surface area contributed by atoms with Crippen LogP contribution >= 0.6 is 0 Å². The maximum absolute atomic E-state index is 12.5. The number of benzene rings is 6. The summed E-state index contributed by atoms with van der Waals surface area (Å²) in [6, 6.07) is 8.03. The molecule has 12 nitrogen and oxygen atoms in total. The number of carbonyl (C=O) groups is 6. The fourth-order valence-electron chi connectivity index (χ4n) is 5.93. The molecule has 0 saturated carbocycles. The third-order valence-corrected chi connectivity index (χ3v) is 7.17. The Balaban J connectivity index is 0.00000337. The summed E-state index contributed by atoms with van der Waals surface area (Å²) in [5.74, 6) is -13.3. The van der Waals surface area contributed by atoms with Crippen molar-refractivity contribution in [1.82, 2.24) is 0 Å². The summed E-state index contributed by atoms with van der Waals surface area (Å²) in [5, 5.41) is 71.6. The predicted octanol–water partition coefficient (Wildman–Crippen LogP) is -21.5. The van der Waals surface area contributed by atoms with Crippen molar-refractivity contribution in [3.63, 3.8) is 0 Å². The molecule has 0 aliphatic heterocycles. The first-order valence-electron chi connectivity index (χ1n) is 11.2. The smallest absolute Gasteiger partial charge is 0.545 e. The van der Waals surface area contributed by atoms with E-state index in [1.54, 1.807) is 6.07 Å². The zero-order valence-electron chi connectivity index (χ0n) is 25.4. The van der Waals surface area contributed by atoms with E-state index in [0.29, 0.717) is 5.39 Å². The van der Waals surface area contributed by atoms with Gasteiger partial charge >= 0.3 is 113 Å². The van der Waals surface area contributed by atoms with Crippen molar-refractivity contribution >= 4 is 89.7 Å². The first kappa shape index (κ1) is 43.5. The summed E-state index contributed by atoms with van der Waals surface area (Å²) < 4.78 is 0. The van der Waals surface area contributed by atoms with Crippen molar-refractivity contribution in [2.45, 2.75) is 0 Å². The van der Waals surface area contributed by atoms with E-state index in [1.165, 1.54) is 24.3 Å². The van der Waals surface area contributed by atoms with Crippen LogP contribution < -0.4 is 144 Å². The standard InChI is InChI=1S/C28H12O12.6Li/c29-23(30)11-6-10-8-3-1-2-7-4-5-9-13(12(7)8)17-14(10)18(16(11)25(33)34)21(27(37)38)22(28(39)40)19(17)20(26(35)36)15(9)24(31)32;;;;;;/h1-6H,(H,29,30)(H,31,32)(H,33,34)(H,35,36)(H,37,38)(H,39,40);;;;;;/q;6*+1/p-6. The zero-order valence-corrected chi connectivity index (χ0v) is 25.4. The average molecular weight is 576 g/mol. The van der Waals surface area contributed by atoms with Crippen LogP contribution in [0.4, 0.5) is 0 Å². The van der Waals surface area contributed by atoms with E-state index in [2.05, 4.69) is 0 Å². The van der Waals surface area contributed by atoms with Gasteiger partial charge in [0.2, 0.25) is 0 Å². The van der Waals surface area contributed by atoms with Crippen LogP contribution in [0.2, 0.25) is 0 Å². The monoisotopic (exact) mass is 576 g/mol. The number of hydrogen-bond acceptors (Lipinski definition) is 12. The fourth-order valence-corrected chi connectivity index (χ4v) is 5.93. The molecule has 0 aliphatic carbocycles. The number of rotatable bonds is 6. The van der Waals surface area contributed by atoms with Crippen LogP contribution in [0.25, 0.3) is 53.9 Å². The maximum Gasteiger partial charge on any atom is 1.00 e. The normalized spacial score (nSPS) is 10.2. The molecule has 0 spiro atoms. The molecular weight excluding hydrogens is 570 g/mol. The minimum atomic E-state index is -2.36. The molecule has 0 atom stereocenters. The number of carboxylic acid groups (broad SMARTS) is 6. The summed E-state index contributed by atoms with van der Waals surface area (Å²) in [7, 11) is 0. The molecule has 6 aromatic rings. The van der Waals surface area contributed by atoms with Crippen LogP contribution in [0.3, 0.4) is 0 Å².